The Balaban J connectivity index is 1.77. The van der Waals surface area contributed by atoms with Crippen molar-refractivity contribution >= 4 is 11.6 Å². The number of aromatic nitrogens is 2. The largest absolute Gasteiger partial charge is 0.490 e. The monoisotopic (exact) mass is 311 g/mol. The molecule has 1 aromatic heterocycles. The van der Waals surface area contributed by atoms with Gasteiger partial charge in [-0.15, -0.1) is 0 Å². The molecule has 0 spiro atoms. The van der Waals surface area contributed by atoms with E-state index in [1.165, 1.54) is 4.90 Å². The van der Waals surface area contributed by atoms with Gasteiger partial charge in [-0.3, -0.25) is 9.48 Å². The average Bonchev–Trinajstić information content (AvgIpc) is 2.95. The van der Waals surface area contributed by atoms with Gasteiger partial charge in [-0.25, -0.2) is 0 Å². The maximum Gasteiger partial charge on any atom is 0.435 e. The van der Waals surface area contributed by atoms with Crippen LogP contribution >= 0.6 is 0 Å². The van der Waals surface area contributed by atoms with E-state index in [2.05, 4.69) is 5.10 Å². The van der Waals surface area contributed by atoms with Crippen molar-refractivity contribution in [1.82, 2.24) is 9.78 Å². The standard InChI is InChI=1S/C14H12F3N3O2/c15-14(16,17)12-5-6-19(18-12)9-13(21)20-7-8-22-11-4-2-1-3-10(11)20/h1-6H,7-9H2. The van der Waals surface area contributed by atoms with Gasteiger partial charge in [-0.1, -0.05) is 12.1 Å². The molecule has 1 aliphatic rings. The highest BCUT2D eigenvalue weighted by molar-refractivity contribution is 5.95. The summed E-state index contributed by atoms with van der Waals surface area (Å²) in [6, 6.07) is 7.88. The Hall–Kier alpha value is -2.51. The van der Waals surface area contributed by atoms with Crippen molar-refractivity contribution in [2.24, 2.45) is 0 Å². The van der Waals surface area contributed by atoms with Crippen LogP contribution in [0.2, 0.25) is 0 Å². The molecular weight excluding hydrogens is 299 g/mol. The van der Waals surface area contributed by atoms with Gasteiger partial charge in [0.25, 0.3) is 0 Å². The molecule has 2 aromatic rings. The number of carbonyl (C=O) groups excluding carboxylic acids is 1. The maximum atomic E-state index is 12.5. The highest BCUT2D eigenvalue weighted by atomic mass is 19.4. The minimum atomic E-state index is -4.51. The third-order valence-corrected chi connectivity index (χ3v) is 3.26. The lowest BCUT2D eigenvalue weighted by Gasteiger charge is -2.29. The number of para-hydroxylation sites is 2. The molecule has 1 amide bonds. The Morgan fingerprint density at radius 3 is 2.77 bits per heavy atom. The Bertz CT molecular complexity index is 697. The second kappa shape index (κ2) is 5.36. The molecule has 1 aliphatic heterocycles. The predicted octanol–water partition coefficient (Wildman–Crippen LogP) is 2.33. The zero-order valence-electron chi connectivity index (χ0n) is 11.4. The van der Waals surface area contributed by atoms with E-state index in [4.69, 9.17) is 4.74 Å². The third-order valence-electron chi connectivity index (χ3n) is 3.26. The van der Waals surface area contributed by atoms with Gasteiger partial charge in [0.1, 0.15) is 18.9 Å². The van der Waals surface area contributed by atoms with Crippen LogP contribution in [0.5, 0.6) is 5.75 Å². The fourth-order valence-electron chi connectivity index (χ4n) is 2.25. The van der Waals surface area contributed by atoms with Crippen molar-refractivity contribution in [2.75, 3.05) is 18.1 Å². The van der Waals surface area contributed by atoms with Crippen LogP contribution < -0.4 is 9.64 Å². The van der Waals surface area contributed by atoms with Crippen molar-refractivity contribution in [1.29, 1.82) is 0 Å². The van der Waals surface area contributed by atoms with Crippen LogP contribution in [0.25, 0.3) is 0 Å². The number of benzene rings is 1. The number of rotatable bonds is 2. The van der Waals surface area contributed by atoms with E-state index in [0.717, 1.165) is 16.9 Å². The first-order valence-corrected chi connectivity index (χ1v) is 6.58. The molecule has 1 aromatic carbocycles. The van der Waals surface area contributed by atoms with E-state index in [-0.39, 0.29) is 12.5 Å². The van der Waals surface area contributed by atoms with Crippen molar-refractivity contribution in [3.05, 3.63) is 42.2 Å². The molecule has 0 saturated carbocycles. The van der Waals surface area contributed by atoms with Crippen LogP contribution in [-0.4, -0.2) is 28.8 Å². The number of carbonyl (C=O) groups is 1. The van der Waals surface area contributed by atoms with Gasteiger partial charge in [0.05, 0.1) is 12.2 Å². The number of ether oxygens (including phenoxy) is 1. The molecule has 116 valence electrons. The van der Waals surface area contributed by atoms with Gasteiger partial charge in [0.15, 0.2) is 5.69 Å². The van der Waals surface area contributed by atoms with Crippen molar-refractivity contribution < 1.29 is 22.7 Å². The van der Waals surface area contributed by atoms with E-state index in [0.29, 0.717) is 24.6 Å². The van der Waals surface area contributed by atoms with Crippen LogP contribution in [0.3, 0.4) is 0 Å². The normalized spacial score (nSPS) is 14.4. The summed E-state index contributed by atoms with van der Waals surface area (Å²) in [5.74, 6) is 0.242. The van der Waals surface area contributed by atoms with E-state index in [1.807, 2.05) is 0 Å². The molecule has 3 rings (SSSR count). The Labute approximate surface area is 123 Å². The lowest BCUT2D eigenvalue weighted by molar-refractivity contribution is -0.141. The van der Waals surface area contributed by atoms with Crippen LogP contribution in [-0.2, 0) is 17.5 Å². The smallest absolute Gasteiger partial charge is 0.435 e. The van der Waals surface area contributed by atoms with E-state index in [9.17, 15) is 18.0 Å². The molecule has 2 heterocycles. The summed E-state index contributed by atoms with van der Waals surface area (Å²) >= 11 is 0. The average molecular weight is 311 g/mol. The second-order valence-corrected chi connectivity index (χ2v) is 4.76. The highest BCUT2D eigenvalue weighted by Crippen LogP contribution is 2.31. The summed E-state index contributed by atoms with van der Waals surface area (Å²) in [6.45, 7) is 0.434. The Morgan fingerprint density at radius 1 is 1.27 bits per heavy atom. The summed E-state index contributed by atoms with van der Waals surface area (Å²) in [5.41, 5.74) is -0.398. The van der Waals surface area contributed by atoms with Crippen molar-refractivity contribution in [3.8, 4) is 5.75 Å². The number of anilines is 1. The van der Waals surface area contributed by atoms with Crippen LogP contribution in [0.1, 0.15) is 5.69 Å². The summed E-state index contributed by atoms with van der Waals surface area (Å²) in [4.78, 5) is 13.8. The van der Waals surface area contributed by atoms with Gasteiger partial charge in [-0.05, 0) is 18.2 Å². The van der Waals surface area contributed by atoms with Gasteiger partial charge in [0.2, 0.25) is 5.91 Å². The molecule has 0 bridgehead atoms. The molecule has 5 nitrogen and oxygen atoms in total. The summed E-state index contributed by atoms with van der Waals surface area (Å²) in [7, 11) is 0. The van der Waals surface area contributed by atoms with E-state index in [1.54, 1.807) is 24.3 Å². The third kappa shape index (κ3) is 2.76. The predicted molar refractivity (Wildman–Crippen MR) is 71.5 cm³/mol. The minimum absolute atomic E-state index is 0.260. The van der Waals surface area contributed by atoms with Crippen molar-refractivity contribution in [2.45, 2.75) is 12.7 Å². The van der Waals surface area contributed by atoms with Gasteiger partial charge in [0, 0.05) is 6.20 Å². The maximum absolute atomic E-state index is 12.5. The Morgan fingerprint density at radius 2 is 2.05 bits per heavy atom. The van der Waals surface area contributed by atoms with E-state index >= 15 is 0 Å². The number of hydrogen-bond acceptors (Lipinski definition) is 3. The van der Waals surface area contributed by atoms with E-state index < -0.39 is 11.9 Å². The number of hydrogen-bond donors (Lipinski definition) is 0. The van der Waals surface area contributed by atoms with Gasteiger partial charge < -0.3 is 9.64 Å². The molecule has 0 N–H and O–H groups in total. The molecule has 0 fully saturated rings. The molecule has 0 unspecified atom stereocenters. The molecule has 0 aliphatic carbocycles. The molecule has 0 saturated heterocycles. The summed E-state index contributed by atoms with van der Waals surface area (Å²) in [6.07, 6.45) is -3.37. The first kappa shape index (κ1) is 14.4. The quantitative estimate of drug-likeness (QED) is 0.855. The first-order valence-electron chi connectivity index (χ1n) is 6.58. The lowest BCUT2D eigenvalue weighted by atomic mass is 10.2. The van der Waals surface area contributed by atoms with Crippen LogP contribution in [0.4, 0.5) is 18.9 Å². The number of amides is 1. The first-order chi connectivity index (χ1) is 10.4. The fourth-order valence-corrected chi connectivity index (χ4v) is 2.25. The SMILES string of the molecule is O=C(Cn1ccc(C(F)(F)F)n1)N1CCOc2ccccc21. The minimum Gasteiger partial charge on any atom is -0.490 e. The number of fused-ring (bicyclic) bond motifs is 1. The number of alkyl halides is 3. The molecule has 0 radical (unpaired) electrons. The summed E-state index contributed by atoms with van der Waals surface area (Å²) < 4.78 is 43.9. The summed E-state index contributed by atoms with van der Waals surface area (Å²) in [5, 5.41) is 3.39. The molecular formula is C14H12F3N3O2. The number of halogens is 3. The van der Waals surface area contributed by atoms with Crippen LogP contribution in [0.15, 0.2) is 36.5 Å². The van der Waals surface area contributed by atoms with Gasteiger partial charge >= 0.3 is 6.18 Å². The molecule has 22 heavy (non-hydrogen) atoms. The topological polar surface area (TPSA) is 47.4 Å². The van der Waals surface area contributed by atoms with Crippen LogP contribution in [0, 0.1) is 0 Å². The van der Waals surface area contributed by atoms with Gasteiger partial charge in [-0.2, -0.15) is 18.3 Å². The highest BCUT2D eigenvalue weighted by Gasteiger charge is 2.34. The zero-order chi connectivity index (χ0) is 15.7. The lowest BCUT2D eigenvalue weighted by Crippen LogP contribution is -2.40. The van der Waals surface area contributed by atoms with Crippen molar-refractivity contribution in [3.63, 3.8) is 0 Å². The zero-order valence-corrected chi connectivity index (χ0v) is 11.4. The molecule has 8 heteroatoms. The second-order valence-electron chi connectivity index (χ2n) is 4.76. The molecule has 0 atom stereocenters. The Kier molecular flexibility index (Phi) is 3.51. The fraction of sp³-hybridized carbons (Fsp3) is 0.286. The number of nitrogens with zero attached hydrogens (tertiary/aromatic N) is 3.